The molecule has 0 aromatic heterocycles. The zero-order valence-corrected chi connectivity index (χ0v) is 13.1. The second-order valence-electron chi connectivity index (χ2n) is 5.28. The first-order chi connectivity index (χ1) is 9.43. The molecule has 4 heteroatoms. The molecule has 0 aliphatic rings. The van der Waals surface area contributed by atoms with Crippen molar-refractivity contribution in [3.8, 4) is 5.75 Å². The molecular weight excluding hydrogens is 252 g/mol. The molecule has 1 aromatic rings. The van der Waals surface area contributed by atoms with E-state index >= 15 is 0 Å². The van der Waals surface area contributed by atoms with Gasteiger partial charge in [-0.15, -0.1) is 0 Å². The zero-order valence-electron chi connectivity index (χ0n) is 13.1. The van der Waals surface area contributed by atoms with E-state index in [0.717, 1.165) is 17.9 Å². The topological polar surface area (TPSA) is 50.4 Å². The summed E-state index contributed by atoms with van der Waals surface area (Å²) in [5.74, 6) is 0.629. The highest BCUT2D eigenvalue weighted by atomic mass is 16.5. The molecule has 1 amide bonds. The lowest BCUT2D eigenvalue weighted by Crippen LogP contribution is -2.40. The normalized spacial score (nSPS) is 13.9. The quantitative estimate of drug-likeness (QED) is 0.806. The molecule has 20 heavy (non-hydrogen) atoms. The van der Waals surface area contributed by atoms with E-state index in [4.69, 9.17) is 4.74 Å². The summed E-state index contributed by atoms with van der Waals surface area (Å²) in [5.41, 5.74) is 1.15. The lowest BCUT2D eigenvalue weighted by atomic mass is 10.1. The van der Waals surface area contributed by atoms with Gasteiger partial charge in [-0.3, -0.25) is 4.79 Å². The summed E-state index contributed by atoms with van der Waals surface area (Å²) in [6, 6.07) is 8.25. The summed E-state index contributed by atoms with van der Waals surface area (Å²) < 4.78 is 5.71. The number of rotatable bonds is 7. The molecule has 0 fully saturated rings. The second kappa shape index (κ2) is 7.90. The average Bonchev–Trinajstić information content (AvgIpc) is 2.38. The van der Waals surface area contributed by atoms with Gasteiger partial charge in [0.15, 0.2) is 6.10 Å². The fourth-order valence-corrected chi connectivity index (χ4v) is 1.94. The van der Waals surface area contributed by atoms with E-state index in [2.05, 4.69) is 30.5 Å². The van der Waals surface area contributed by atoms with Crippen LogP contribution in [0, 0.1) is 0 Å². The summed E-state index contributed by atoms with van der Waals surface area (Å²) in [6.45, 7) is 10.7. The average molecular weight is 278 g/mol. The van der Waals surface area contributed by atoms with Gasteiger partial charge in [0.2, 0.25) is 0 Å². The van der Waals surface area contributed by atoms with Gasteiger partial charge < -0.3 is 15.4 Å². The van der Waals surface area contributed by atoms with Gasteiger partial charge >= 0.3 is 0 Å². The number of hydrogen-bond donors (Lipinski definition) is 2. The fourth-order valence-electron chi connectivity index (χ4n) is 1.94. The highest BCUT2D eigenvalue weighted by Crippen LogP contribution is 2.20. The molecule has 0 saturated heterocycles. The minimum atomic E-state index is -0.498. The van der Waals surface area contributed by atoms with Crippen LogP contribution in [0.1, 0.15) is 46.2 Å². The molecule has 0 aliphatic carbocycles. The van der Waals surface area contributed by atoms with E-state index in [-0.39, 0.29) is 18.0 Å². The number of carbonyl (C=O) groups excluding carboxylic acids is 1. The maximum absolute atomic E-state index is 11.8. The molecule has 0 aliphatic heterocycles. The molecule has 0 radical (unpaired) electrons. The van der Waals surface area contributed by atoms with Crippen LogP contribution in [-0.2, 0) is 4.79 Å². The number of amides is 1. The molecule has 112 valence electrons. The van der Waals surface area contributed by atoms with Crippen molar-refractivity contribution in [2.24, 2.45) is 0 Å². The standard InChI is InChI=1S/C16H26N2O2/c1-6-17-12(4)14-8-7-9-15(10-14)20-13(5)16(19)18-11(2)3/h7-13,17H,6H2,1-5H3,(H,18,19). The largest absolute Gasteiger partial charge is 0.481 e. The lowest BCUT2D eigenvalue weighted by molar-refractivity contribution is -0.127. The molecule has 0 spiro atoms. The number of nitrogens with one attached hydrogen (secondary N) is 2. The Labute approximate surface area is 121 Å². The number of carbonyl (C=O) groups is 1. The molecule has 4 nitrogen and oxygen atoms in total. The first-order valence-electron chi connectivity index (χ1n) is 7.24. The van der Waals surface area contributed by atoms with Gasteiger partial charge in [-0.2, -0.15) is 0 Å². The smallest absolute Gasteiger partial charge is 0.260 e. The van der Waals surface area contributed by atoms with Crippen molar-refractivity contribution in [2.45, 2.75) is 52.8 Å². The molecule has 1 rings (SSSR count). The summed E-state index contributed by atoms with van der Waals surface area (Å²) in [5, 5.41) is 6.20. The van der Waals surface area contributed by atoms with Gasteiger partial charge in [0, 0.05) is 12.1 Å². The van der Waals surface area contributed by atoms with Crippen molar-refractivity contribution < 1.29 is 9.53 Å². The molecular formula is C16H26N2O2. The Morgan fingerprint density at radius 3 is 2.55 bits per heavy atom. The third-order valence-electron chi connectivity index (χ3n) is 2.98. The first kappa shape index (κ1) is 16.5. The van der Waals surface area contributed by atoms with Gasteiger partial charge in [0.25, 0.3) is 5.91 Å². The monoisotopic (exact) mass is 278 g/mol. The van der Waals surface area contributed by atoms with Gasteiger partial charge in [-0.05, 0) is 51.9 Å². The van der Waals surface area contributed by atoms with Crippen LogP contribution in [0.25, 0.3) is 0 Å². The molecule has 2 N–H and O–H groups in total. The van der Waals surface area contributed by atoms with E-state index in [1.807, 2.05) is 32.0 Å². The summed E-state index contributed by atoms with van der Waals surface area (Å²) in [6.07, 6.45) is -0.498. The van der Waals surface area contributed by atoms with Crippen LogP contribution < -0.4 is 15.4 Å². The van der Waals surface area contributed by atoms with Gasteiger partial charge in [-0.25, -0.2) is 0 Å². The second-order valence-corrected chi connectivity index (χ2v) is 5.28. The number of hydrogen-bond acceptors (Lipinski definition) is 3. The molecule has 0 heterocycles. The maximum Gasteiger partial charge on any atom is 0.260 e. The van der Waals surface area contributed by atoms with Gasteiger partial charge in [0.05, 0.1) is 0 Å². The van der Waals surface area contributed by atoms with Crippen molar-refractivity contribution >= 4 is 5.91 Å². The molecule has 0 bridgehead atoms. The SMILES string of the molecule is CCNC(C)c1cccc(OC(C)C(=O)NC(C)C)c1. The highest BCUT2D eigenvalue weighted by molar-refractivity contribution is 5.80. The highest BCUT2D eigenvalue weighted by Gasteiger charge is 2.15. The number of benzene rings is 1. The van der Waals surface area contributed by atoms with Crippen LogP contribution in [0.2, 0.25) is 0 Å². The number of ether oxygens (including phenoxy) is 1. The fraction of sp³-hybridized carbons (Fsp3) is 0.562. The van der Waals surface area contributed by atoms with E-state index in [0.29, 0.717) is 0 Å². The minimum Gasteiger partial charge on any atom is -0.481 e. The van der Waals surface area contributed by atoms with Crippen LogP contribution in [-0.4, -0.2) is 24.6 Å². The predicted molar refractivity (Wildman–Crippen MR) is 81.9 cm³/mol. The van der Waals surface area contributed by atoms with E-state index in [1.54, 1.807) is 6.92 Å². The predicted octanol–water partition coefficient (Wildman–Crippen LogP) is 2.65. The van der Waals surface area contributed by atoms with Crippen molar-refractivity contribution in [3.05, 3.63) is 29.8 Å². The summed E-state index contributed by atoms with van der Waals surface area (Å²) in [7, 11) is 0. The van der Waals surface area contributed by atoms with Crippen LogP contribution in [0.4, 0.5) is 0 Å². The first-order valence-corrected chi connectivity index (χ1v) is 7.24. The van der Waals surface area contributed by atoms with Crippen LogP contribution >= 0.6 is 0 Å². The lowest BCUT2D eigenvalue weighted by Gasteiger charge is -2.18. The Hall–Kier alpha value is -1.55. The van der Waals surface area contributed by atoms with Crippen molar-refractivity contribution in [3.63, 3.8) is 0 Å². The summed E-state index contributed by atoms with van der Waals surface area (Å²) >= 11 is 0. The van der Waals surface area contributed by atoms with Crippen molar-refractivity contribution in [1.29, 1.82) is 0 Å². The third-order valence-corrected chi connectivity index (χ3v) is 2.98. The van der Waals surface area contributed by atoms with Crippen molar-refractivity contribution in [2.75, 3.05) is 6.54 Å². The van der Waals surface area contributed by atoms with E-state index in [1.165, 1.54) is 0 Å². The van der Waals surface area contributed by atoms with Crippen LogP contribution in [0.15, 0.2) is 24.3 Å². The van der Waals surface area contributed by atoms with Crippen LogP contribution in [0.5, 0.6) is 5.75 Å². The van der Waals surface area contributed by atoms with Gasteiger partial charge in [0.1, 0.15) is 5.75 Å². The Morgan fingerprint density at radius 1 is 1.25 bits per heavy atom. The Bertz CT molecular complexity index is 432. The minimum absolute atomic E-state index is 0.0925. The van der Waals surface area contributed by atoms with E-state index < -0.39 is 6.10 Å². The van der Waals surface area contributed by atoms with Gasteiger partial charge in [-0.1, -0.05) is 19.1 Å². The Kier molecular flexibility index (Phi) is 6.52. The van der Waals surface area contributed by atoms with E-state index in [9.17, 15) is 4.79 Å². The summed E-state index contributed by atoms with van der Waals surface area (Å²) in [4.78, 5) is 11.8. The van der Waals surface area contributed by atoms with Crippen molar-refractivity contribution in [1.82, 2.24) is 10.6 Å². The Morgan fingerprint density at radius 2 is 1.95 bits per heavy atom. The zero-order chi connectivity index (χ0) is 15.1. The third kappa shape index (κ3) is 5.21. The molecule has 1 aromatic carbocycles. The van der Waals surface area contributed by atoms with Crippen LogP contribution in [0.3, 0.4) is 0 Å². The maximum atomic E-state index is 11.8. The molecule has 2 atom stereocenters. The Balaban J connectivity index is 2.68. The molecule has 0 saturated carbocycles. The molecule has 2 unspecified atom stereocenters.